The maximum atomic E-state index is 11.4. The lowest BCUT2D eigenvalue weighted by Gasteiger charge is -2.15. The van der Waals surface area contributed by atoms with Crippen LogP contribution in [-0.4, -0.2) is 28.6 Å². The lowest BCUT2D eigenvalue weighted by atomic mass is 10.2. The van der Waals surface area contributed by atoms with E-state index >= 15 is 0 Å². The molecule has 0 saturated heterocycles. The van der Waals surface area contributed by atoms with E-state index in [1.807, 2.05) is 0 Å². The Kier molecular flexibility index (Phi) is 2.90. The van der Waals surface area contributed by atoms with E-state index in [2.05, 4.69) is 11.9 Å². The zero-order chi connectivity index (χ0) is 10.8. The van der Waals surface area contributed by atoms with E-state index in [1.165, 1.54) is 6.08 Å². The number of nitrogens with two attached hydrogens (primary N) is 1. The first-order valence-electron chi connectivity index (χ1n) is 4.43. The lowest BCUT2D eigenvalue weighted by molar-refractivity contribution is -0.142. The van der Waals surface area contributed by atoms with Gasteiger partial charge in [0.25, 0.3) is 0 Å². The van der Waals surface area contributed by atoms with Crippen molar-refractivity contribution in [2.45, 2.75) is 30.8 Å². The zero-order valence-electron chi connectivity index (χ0n) is 7.82. The molecule has 78 valence electrons. The van der Waals surface area contributed by atoms with Crippen LogP contribution >= 0.6 is 0 Å². The fourth-order valence-electron chi connectivity index (χ4n) is 1.05. The van der Waals surface area contributed by atoms with E-state index in [9.17, 15) is 9.59 Å². The molecule has 0 aliphatic heterocycles. The van der Waals surface area contributed by atoms with E-state index in [-0.39, 0.29) is 12.3 Å². The third-order valence-corrected chi connectivity index (χ3v) is 2.25. The van der Waals surface area contributed by atoms with Crippen LogP contribution in [-0.2, 0) is 9.59 Å². The van der Waals surface area contributed by atoms with Gasteiger partial charge in [-0.25, -0.2) is 4.79 Å². The van der Waals surface area contributed by atoms with Gasteiger partial charge in [0, 0.05) is 0 Å². The van der Waals surface area contributed by atoms with Crippen molar-refractivity contribution >= 4 is 11.9 Å². The summed E-state index contributed by atoms with van der Waals surface area (Å²) >= 11 is 0. The fourth-order valence-corrected chi connectivity index (χ4v) is 1.05. The van der Waals surface area contributed by atoms with Crippen LogP contribution in [0.15, 0.2) is 12.7 Å². The number of hydrogen-bond donors (Lipinski definition) is 3. The van der Waals surface area contributed by atoms with Crippen molar-refractivity contribution in [3.8, 4) is 0 Å². The summed E-state index contributed by atoms with van der Waals surface area (Å²) in [5.74, 6) is -1.45. The Morgan fingerprint density at radius 3 is 2.57 bits per heavy atom. The minimum Gasteiger partial charge on any atom is -0.480 e. The quantitative estimate of drug-likeness (QED) is 0.525. The molecule has 1 saturated carbocycles. The Morgan fingerprint density at radius 2 is 2.21 bits per heavy atom. The van der Waals surface area contributed by atoms with Gasteiger partial charge in [-0.15, -0.1) is 6.58 Å². The van der Waals surface area contributed by atoms with Crippen LogP contribution in [0.1, 0.15) is 19.3 Å². The summed E-state index contributed by atoms with van der Waals surface area (Å²) in [6.45, 7) is 3.42. The van der Waals surface area contributed by atoms with Crippen molar-refractivity contribution in [1.29, 1.82) is 0 Å². The predicted molar refractivity (Wildman–Crippen MR) is 50.5 cm³/mol. The highest BCUT2D eigenvalue weighted by atomic mass is 16.4. The van der Waals surface area contributed by atoms with Gasteiger partial charge in [0.2, 0.25) is 5.91 Å². The Bertz CT molecular complexity index is 271. The number of rotatable bonds is 5. The lowest BCUT2D eigenvalue weighted by Crippen LogP contribution is -2.49. The van der Waals surface area contributed by atoms with Gasteiger partial charge in [-0.2, -0.15) is 0 Å². The fraction of sp³-hybridized carbons (Fsp3) is 0.556. The van der Waals surface area contributed by atoms with Crippen LogP contribution < -0.4 is 11.1 Å². The molecule has 4 N–H and O–H groups in total. The Labute approximate surface area is 82.0 Å². The Balaban J connectivity index is 2.50. The van der Waals surface area contributed by atoms with Crippen molar-refractivity contribution in [2.75, 3.05) is 0 Å². The number of hydrogen-bond acceptors (Lipinski definition) is 3. The molecular formula is C9H14N2O3. The molecule has 1 aliphatic carbocycles. The van der Waals surface area contributed by atoms with Crippen LogP contribution in [0.5, 0.6) is 0 Å². The van der Waals surface area contributed by atoms with E-state index < -0.39 is 17.6 Å². The first-order chi connectivity index (χ1) is 6.49. The molecule has 0 aromatic carbocycles. The number of aliphatic carboxylic acids is 1. The van der Waals surface area contributed by atoms with Gasteiger partial charge >= 0.3 is 5.97 Å². The minimum absolute atomic E-state index is 0.206. The minimum atomic E-state index is -1.07. The molecule has 1 rings (SSSR count). The highest BCUT2D eigenvalue weighted by Gasteiger charge is 2.46. The molecule has 0 heterocycles. The number of carbonyl (C=O) groups is 2. The van der Waals surface area contributed by atoms with Gasteiger partial charge in [-0.05, 0) is 19.3 Å². The monoisotopic (exact) mass is 198 g/mol. The van der Waals surface area contributed by atoms with Crippen molar-refractivity contribution in [1.82, 2.24) is 5.32 Å². The Hall–Kier alpha value is -1.36. The van der Waals surface area contributed by atoms with Gasteiger partial charge in [0.05, 0.1) is 5.54 Å². The SMILES string of the molecule is C=CCC(NC(=O)C1(N)CC1)C(=O)O. The molecule has 5 nitrogen and oxygen atoms in total. The summed E-state index contributed by atoms with van der Waals surface area (Å²) < 4.78 is 0. The van der Waals surface area contributed by atoms with Crippen LogP contribution in [0.2, 0.25) is 0 Å². The molecule has 1 aliphatic rings. The summed E-state index contributed by atoms with van der Waals surface area (Å²) in [4.78, 5) is 22.1. The molecule has 1 atom stereocenters. The van der Waals surface area contributed by atoms with Gasteiger partial charge in [-0.1, -0.05) is 6.08 Å². The van der Waals surface area contributed by atoms with Crippen molar-refractivity contribution < 1.29 is 14.7 Å². The van der Waals surface area contributed by atoms with Crippen LogP contribution in [0.25, 0.3) is 0 Å². The van der Waals surface area contributed by atoms with E-state index in [0.29, 0.717) is 12.8 Å². The van der Waals surface area contributed by atoms with E-state index in [0.717, 1.165) is 0 Å². The number of carboxylic acids is 1. The maximum Gasteiger partial charge on any atom is 0.326 e. The average molecular weight is 198 g/mol. The first kappa shape index (κ1) is 10.7. The third-order valence-electron chi connectivity index (χ3n) is 2.25. The molecular weight excluding hydrogens is 184 g/mol. The van der Waals surface area contributed by atoms with Crippen molar-refractivity contribution in [2.24, 2.45) is 5.73 Å². The van der Waals surface area contributed by atoms with Crippen LogP contribution in [0.3, 0.4) is 0 Å². The maximum absolute atomic E-state index is 11.4. The Morgan fingerprint density at radius 1 is 1.64 bits per heavy atom. The molecule has 0 bridgehead atoms. The molecule has 1 unspecified atom stereocenters. The van der Waals surface area contributed by atoms with E-state index in [1.54, 1.807) is 0 Å². The summed E-state index contributed by atoms with van der Waals surface area (Å²) in [5.41, 5.74) is 4.78. The second-order valence-corrected chi connectivity index (χ2v) is 3.54. The summed E-state index contributed by atoms with van der Waals surface area (Å²) in [6.07, 6.45) is 2.91. The van der Waals surface area contributed by atoms with Gasteiger partial charge < -0.3 is 16.2 Å². The number of carbonyl (C=O) groups excluding carboxylic acids is 1. The second kappa shape index (κ2) is 3.79. The van der Waals surface area contributed by atoms with Gasteiger partial charge in [0.1, 0.15) is 6.04 Å². The standard InChI is InChI=1S/C9H14N2O3/c1-2-3-6(7(12)13)11-8(14)9(10)4-5-9/h2,6H,1,3-5,10H2,(H,11,14)(H,12,13). The van der Waals surface area contributed by atoms with Crippen LogP contribution in [0, 0.1) is 0 Å². The number of amides is 1. The highest BCUT2D eigenvalue weighted by Crippen LogP contribution is 2.32. The van der Waals surface area contributed by atoms with Crippen LogP contribution in [0.4, 0.5) is 0 Å². The summed E-state index contributed by atoms with van der Waals surface area (Å²) in [6, 6.07) is -0.916. The average Bonchev–Trinajstić information content (AvgIpc) is 2.84. The highest BCUT2D eigenvalue weighted by molar-refractivity contribution is 5.92. The molecule has 1 amide bonds. The molecule has 5 heteroatoms. The summed E-state index contributed by atoms with van der Waals surface area (Å²) in [7, 11) is 0. The second-order valence-electron chi connectivity index (χ2n) is 3.54. The van der Waals surface area contributed by atoms with Crippen molar-refractivity contribution in [3.05, 3.63) is 12.7 Å². The molecule has 1 fully saturated rings. The number of carboxylic acid groups (broad SMARTS) is 1. The third kappa shape index (κ3) is 2.32. The smallest absolute Gasteiger partial charge is 0.326 e. The van der Waals surface area contributed by atoms with E-state index in [4.69, 9.17) is 10.8 Å². The van der Waals surface area contributed by atoms with Crippen molar-refractivity contribution in [3.63, 3.8) is 0 Å². The summed E-state index contributed by atoms with van der Waals surface area (Å²) in [5, 5.41) is 11.1. The first-order valence-corrected chi connectivity index (χ1v) is 4.43. The molecule has 14 heavy (non-hydrogen) atoms. The van der Waals surface area contributed by atoms with Gasteiger partial charge in [-0.3, -0.25) is 4.79 Å². The molecule has 0 spiro atoms. The molecule has 0 radical (unpaired) electrons. The topological polar surface area (TPSA) is 92.4 Å². The predicted octanol–water partition coefficient (Wildman–Crippen LogP) is -0.377. The largest absolute Gasteiger partial charge is 0.480 e. The van der Waals surface area contributed by atoms with Gasteiger partial charge in [0.15, 0.2) is 0 Å². The zero-order valence-corrected chi connectivity index (χ0v) is 7.82. The number of nitrogens with one attached hydrogen (secondary N) is 1. The molecule has 0 aromatic rings. The molecule has 0 aromatic heterocycles. The normalized spacial score (nSPS) is 19.5.